The molecule has 250 valence electrons. The number of para-hydroxylation sites is 3. The minimum absolute atomic E-state index is 0.153. The predicted octanol–water partition coefficient (Wildman–Crippen LogP) is 11.8. The maximum Gasteiger partial charge on any atom is 0.132 e. The first kappa shape index (κ1) is 31.3. The molecule has 1 aliphatic rings. The van der Waals surface area contributed by atoms with Gasteiger partial charge < -0.3 is 15.6 Å². The average molecular weight is 683 g/mol. The summed E-state index contributed by atoms with van der Waals surface area (Å²) in [5.41, 5.74) is 17.0. The van der Waals surface area contributed by atoms with Crippen molar-refractivity contribution < 1.29 is 0 Å². The summed E-state index contributed by atoms with van der Waals surface area (Å²) in [5.74, 6) is 1.13. The highest BCUT2D eigenvalue weighted by atomic mass is 35.5. The summed E-state index contributed by atoms with van der Waals surface area (Å²) in [6.07, 6.45) is 7.92. The highest BCUT2D eigenvalue weighted by Crippen LogP contribution is 2.39. The van der Waals surface area contributed by atoms with E-state index in [1.54, 1.807) is 0 Å². The van der Waals surface area contributed by atoms with E-state index in [1.807, 2.05) is 18.2 Å². The molecule has 0 saturated heterocycles. The number of hydrogen-bond acceptors (Lipinski definition) is 2. The normalized spacial score (nSPS) is 16.7. The maximum atomic E-state index is 7.41. The van der Waals surface area contributed by atoms with Crippen LogP contribution in [-0.4, -0.2) is 15.2 Å². The summed E-state index contributed by atoms with van der Waals surface area (Å²) < 4.78 is 4.59. The Kier molecular flexibility index (Phi) is 7.90. The fourth-order valence-electron chi connectivity index (χ4n) is 8.16. The molecule has 0 aliphatic heterocycles. The fourth-order valence-corrected chi connectivity index (χ4v) is 8.39. The third kappa shape index (κ3) is 5.30. The number of halogens is 1. The van der Waals surface area contributed by atoms with Gasteiger partial charge in [-0.2, -0.15) is 0 Å². The molecule has 4 nitrogen and oxygen atoms in total. The zero-order valence-corrected chi connectivity index (χ0v) is 29.3. The molecule has 8 aromatic rings. The van der Waals surface area contributed by atoms with E-state index in [1.165, 1.54) is 21.8 Å². The van der Waals surface area contributed by atoms with E-state index in [9.17, 15) is 0 Å². The molecule has 6 aromatic carbocycles. The Bertz CT molecular complexity index is 2640. The summed E-state index contributed by atoms with van der Waals surface area (Å²) in [5, 5.41) is 9.35. The van der Waals surface area contributed by atoms with Crippen molar-refractivity contribution in [3.8, 4) is 16.8 Å². The van der Waals surface area contributed by atoms with Gasteiger partial charge in [0.25, 0.3) is 0 Å². The van der Waals surface area contributed by atoms with E-state index in [2.05, 4.69) is 155 Å². The van der Waals surface area contributed by atoms with Crippen molar-refractivity contribution in [1.82, 2.24) is 14.5 Å². The van der Waals surface area contributed by atoms with Crippen molar-refractivity contribution >= 4 is 66.7 Å². The van der Waals surface area contributed by atoms with E-state index in [-0.39, 0.29) is 6.04 Å². The number of allylic oxidation sites excluding steroid dienone is 1. The van der Waals surface area contributed by atoms with Crippen LogP contribution in [0.15, 0.2) is 152 Å². The fraction of sp³-hybridized carbons (Fsp3) is 0.130. The van der Waals surface area contributed by atoms with Crippen LogP contribution in [0.1, 0.15) is 31.7 Å². The lowest BCUT2D eigenvalue weighted by Gasteiger charge is -2.30. The Morgan fingerprint density at radius 3 is 2.04 bits per heavy atom. The standard InChI is InChI=1S/C46H39ClN4/c1-2-30-14-6-11-21-40(30)49-45(38-19-7-10-20-39(38)47)46(48)51-42-23-13-9-18-35(42)37-27-25-32(29-44(37)51)31-24-26-36-34-17-8-12-22-41(34)50(43(36)28-31)33-15-4-3-5-16-33/h3-5,7-13,15-30,40,49H,2,6,14,48H2,1H3/b46-45+. The van der Waals surface area contributed by atoms with Crippen molar-refractivity contribution in [2.45, 2.75) is 32.2 Å². The Morgan fingerprint density at radius 2 is 1.29 bits per heavy atom. The van der Waals surface area contributed by atoms with Gasteiger partial charge in [0, 0.05) is 38.8 Å². The molecule has 9 rings (SSSR count). The second-order valence-corrected chi connectivity index (χ2v) is 14.0. The van der Waals surface area contributed by atoms with Crippen molar-refractivity contribution in [3.05, 3.63) is 162 Å². The van der Waals surface area contributed by atoms with Crippen LogP contribution in [0, 0.1) is 5.92 Å². The van der Waals surface area contributed by atoms with E-state index < -0.39 is 0 Å². The number of nitrogens with two attached hydrogens (primary N) is 1. The number of nitrogens with one attached hydrogen (secondary N) is 1. The summed E-state index contributed by atoms with van der Waals surface area (Å²) in [6.45, 7) is 2.27. The van der Waals surface area contributed by atoms with Gasteiger partial charge in [0.1, 0.15) is 5.82 Å². The molecular weight excluding hydrogens is 644 g/mol. The van der Waals surface area contributed by atoms with Gasteiger partial charge in [0.15, 0.2) is 0 Å². The zero-order chi connectivity index (χ0) is 34.5. The lowest BCUT2D eigenvalue weighted by atomic mass is 9.87. The van der Waals surface area contributed by atoms with Crippen molar-refractivity contribution in [1.29, 1.82) is 0 Å². The monoisotopic (exact) mass is 682 g/mol. The van der Waals surface area contributed by atoms with Gasteiger partial charge in [-0.25, -0.2) is 0 Å². The molecule has 0 fully saturated rings. The molecule has 0 spiro atoms. The van der Waals surface area contributed by atoms with Crippen LogP contribution in [0.5, 0.6) is 0 Å². The Hall–Kier alpha value is -5.71. The smallest absolute Gasteiger partial charge is 0.132 e. The van der Waals surface area contributed by atoms with Crippen molar-refractivity contribution in [3.63, 3.8) is 0 Å². The molecule has 2 heterocycles. The molecule has 3 N–H and O–H groups in total. The number of benzene rings is 6. The molecule has 0 bridgehead atoms. The molecule has 1 aliphatic carbocycles. The van der Waals surface area contributed by atoms with E-state index in [0.717, 1.165) is 69.1 Å². The van der Waals surface area contributed by atoms with Gasteiger partial charge in [0.2, 0.25) is 0 Å². The second-order valence-electron chi connectivity index (χ2n) is 13.6. The molecule has 0 saturated carbocycles. The quantitative estimate of drug-likeness (QED) is 0.164. The second kappa shape index (κ2) is 12.9. The number of aromatic nitrogens is 2. The number of fused-ring (bicyclic) bond motifs is 6. The van der Waals surface area contributed by atoms with Gasteiger partial charge >= 0.3 is 0 Å². The summed E-state index contributed by atoms with van der Waals surface area (Å²) in [4.78, 5) is 0. The van der Waals surface area contributed by atoms with Gasteiger partial charge in [0.05, 0.1) is 32.8 Å². The Labute approximate surface area is 303 Å². The zero-order valence-electron chi connectivity index (χ0n) is 28.6. The number of hydrogen-bond donors (Lipinski definition) is 2. The highest BCUT2D eigenvalue weighted by molar-refractivity contribution is 6.32. The number of nitrogens with zero attached hydrogens (tertiary/aromatic N) is 2. The minimum Gasteiger partial charge on any atom is -0.383 e. The molecule has 2 aromatic heterocycles. The van der Waals surface area contributed by atoms with Crippen LogP contribution >= 0.6 is 11.6 Å². The molecular formula is C46H39ClN4. The number of rotatable bonds is 7. The van der Waals surface area contributed by atoms with Crippen molar-refractivity contribution in [2.75, 3.05) is 0 Å². The van der Waals surface area contributed by atoms with Crippen LogP contribution < -0.4 is 11.1 Å². The average Bonchev–Trinajstić information content (AvgIpc) is 3.69. The lowest BCUT2D eigenvalue weighted by molar-refractivity contribution is 0.388. The summed E-state index contributed by atoms with van der Waals surface area (Å²) in [7, 11) is 0. The molecule has 2 atom stereocenters. The molecule has 5 heteroatoms. The molecule has 2 unspecified atom stereocenters. The summed E-state index contributed by atoms with van der Waals surface area (Å²) in [6, 6.07) is 49.6. The van der Waals surface area contributed by atoms with E-state index in [0.29, 0.717) is 16.8 Å². The van der Waals surface area contributed by atoms with Crippen LogP contribution in [0.4, 0.5) is 0 Å². The molecule has 0 amide bonds. The summed E-state index contributed by atoms with van der Waals surface area (Å²) >= 11 is 6.93. The lowest BCUT2D eigenvalue weighted by Crippen LogP contribution is -2.36. The van der Waals surface area contributed by atoms with Crippen LogP contribution in [0.3, 0.4) is 0 Å². The Morgan fingerprint density at radius 1 is 0.686 bits per heavy atom. The first-order chi connectivity index (χ1) is 25.1. The maximum absolute atomic E-state index is 7.41. The third-order valence-electron chi connectivity index (χ3n) is 10.7. The topological polar surface area (TPSA) is 47.9 Å². The van der Waals surface area contributed by atoms with E-state index in [4.69, 9.17) is 17.3 Å². The first-order valence-electron chi connectivity index (χ1n) is 17.9. The molecule has 51 heavy (non-hydrogen) atoms. The predicted molar refractivity (Wildman–Crippen MR) is 217 cm³/mol. The largest absolute Gasteiger partial charge is 0.383 e. The van der Waals surface area contributed by atoms with Gasteiger partial charge in [-0.1, -0.05) is 134 Å². The van der Waals surface area contributed by atoms with Crippen LogP contribution in [-0.2, 0) is 0 Å². The van der Waals surface area contributed by atoms with E-state index >= 15 is 0 Å². The van der Waals surface area contributed by atoms with Crippen LogP contribution in [0.25, 0.3) is 71.9 Å². The first-order valence-corrected chi connectivity index (χ1v) is 18.3. The van der Waals surface area contributed by atoms with Crippen LogP contribution in [0.2, 0.25) is 5.02 Å². The minimum atomic E-state index is 0.153. The highest BCUT2D eigenvalue weighted by Gasteiger charge is 2.25. The van der Waals surface area contributed by atoms with Gasteiger partial charge in [-0.05, 0) is 72.4 Å². The Balaban J connectivity index is 1.27. The van der Waals surface area contributed by atoms with Crippen molar-refractivity contribution in [2.24, 2.45) is 11.7 Å². The third-order valence-corrected chi connectivity index (χ3v) is 11.1. The van der Waals surface area contributed by atoms with Gasteiger partial charge in [-0.15, -0.1) is 0 Å². The SMILES string of the molecule is CCC1CCC=CC1N/C(=C(\N)n1c2ccccc2c2ccc(-c3ccc4c5ccccc5n(-c5ccccc5)c4c3)cc21)c1ccccc1Cl. The van der Waals surface area contributed by atoms with Gasteiger partial charge in [-0.3, -0.25) is 4.57 Å². The molecule has 0 radical (unpaired) electrons.